The molecule has 1 saturated heterocycles. The summed E-state index contributed by atoms with van der Waals surface area (Å²) in [4.78, 5) is 10.8. The lowest BCUT2D eigenvalue weighted by atomic mass is 9.99. The molecule has 1 aliphatic heterocycles. The fourth-order valence-electron chi connectivity index (χ4n) is 2.50. The van der Waals surface area contributed by atoms with Crippen molar-refractivity contribution in [3.63, 3.8) is 0 Å². The quantitative estimate of drug-likeness (QED) is 0.841. The summed E-state index contributed by atoms with van der Waals surface area (Å²) in [7, 11) is 0. The van der Waals surface area contributed by atoms with Crippen molar-refractivity contribution < 1.29 is 9.26 Å². The van der Waals surface area contributed by atoms with E-state index < -0.39 is 0 Å². The van der Waals surface area contributed by atoms with Crippen molar-refractivity contribution in [2.45, 2.75) is 26.3 Å². The van der Waals surface area contributed by atoms with Crippen LogP contribution in [0.2, 0.25) is 0 Å². The fraction of sp³-hybridized carbons (Fsp3) is 0.615. The van der Waals surface area contributed by atoms with E-state index in [-0.39, 0.29) is 0 Å². The molecule has 108 valence electrons. The molecule has 3 heterocycles. The molecule has 0 aromatic carbocycles. The molecule has 6 nitrogen and oxygen atoms in total. The van der Waals surface area contributed by atoms with Crippen molar-refractivity contribution in [3.8, 4) is 5.19 Å². The highest BCUT2D eigenvalue weighted by atomic mass is 32.1. The number of rotatable bonds is 5. The molecule has 1 atom stereocenters. The molecule has 3 rings (SSSR count). The first-order valence-electron chi connectivity index (χ1n) is 6.83. The minimum absolute atomic E-state index is 0.539. The van der Waals surface area contributed by atoms with E-state index in [1.54, 1.807) is 6.20 Å². The van der Waals surface area contributed by atoms with Crippen LogP contribution >= 0.6 is 11.3 Å². The summed E-state index contributed by atoms with van der Waals surface area (Å²) in [6.45, 7) is 5.39. The summed E-state index contributed by atoms with van der Waals surface area (Å²) in [6.07, 6.45) is 4.15. The molecule has 1 aliphatic rings. The number of aryl methyl sites for hydroxylation is 1. The van der Waals surface area contributed by atoms with Crippen LogP contribution in [0.15, 0.2) is 16.1 Å². The SMILES string of the molecule is Cc1noc(CN2CCCC(COc3nccs3)C2)n1. The second-order valence-corrected chi connectivity index (χ2v) is 5.94. The molecule has 0 bridgehead atoms. The van der Waals surface area contributed by atoms with Gasteiger partial charge in [-0.25, -0.2) is 4.98 Å². The van der Waals surface area contributed by atoms with E-state index in [0.717, 1.165) is 31.4 Å². The van der Waals surface area contributed by atoms with E-state index in [1.165, 1.54) is 24.2 Å². The Kier molecular flexibility index (Phi) is 4.27. The predicted molar refractivity (Wildman–Crippen MR) is 74.6 cm³/mol. The Morgan fingerprint density at radius 1 is 1.55 bits per heavy atom. The van der Waals surface area contributed by atoms with Gasteiger partial charge in [0.05, 0.1) is 13.2 Å². The number of piperidine rings is 1. The van der Waals surface area contributed by atoms with Crippen LogP contribution in [0, 0.1) is 12.8 Å². The van der Waals surface area contributed by atoms with Gasteiger partial charge in [-0.05, 0) is 26.3 Å². The smallest absolute Gasteiger partial charge is 0.273 e. The lowest BCUT2D eigenvalue weighted by molar-refractivity contribution is 0.115. The lowest BCUT2D eigenvalue weighted by Gasteiger charge is -2.31. The largest absolute Gasteiger partial charge is 0.470 e. The summed E-state index contributed by atoms with van der Waals surface area (Å²) < 4.78 is 10.9. The number of nitrogens with zero attached hydrogens (tertiary/aromatic N) is 4. The second-order valence-electron chi connectivity index (χ2n) is 5.09. The molecule has 2 aromatic rings. The maximum Gasteiger partial charge on any atom is 0.273 e. The van der Waals surface area contributed by atoms with Crippen molar-refractivity contribution in [3.05, 3.63) is 23.3 Å². The zero-order valence-electron chi connectivity index (χ0n) is 11.5. The number of thiazole rings is 1. The average Bonchev–Trinajstić information content (AvgIpc) is 3.09. The molecule has 0 aliphatic carbocycles. The third-order valence-corrected chi connectivity index (χ3v) is 4.07. The van der Waals surface area contributed by atoms with Crippen molar-refractivity contribution >= 4 is 11.3 Å². The second kappa shape index (κ2) is 6.32. The van der Waals surface area contributed by atoms with Crippen LogP contribution in [0.1, 0.15) is 24.6 Å². The molecule has 0 saturated carbocycles. The molecule has 0 radical (unpaired) electrons. The van der Waals surface area contributed by atoms with Gasteiger partial charge in [0.1, 0.15) is 0 Å². The van der Waals surface area contributed by atoms with Gasteiger partial charge in [0, 0.05) is 24.0 Å². The summed E-state index contributed by atoms with van der Waals surface area (Å²) in [5.41, 5.74) is 0. The van der Waals surface area contributed by atoms with E-state index in [4.69, 9.17) is 9.26 Å². The molecule has 0 N–H and O–H groups in total. The van der Waals surface area contributed by atoms with Crippen molar-refractivity contribution in [1.82, 2.24) is 20.0 Å². The molecule has 20 heavy (non-hydrogen) atoms. The maximum absolute atomic E-state index is 5.72. The number of hydrogen-bond acceptors (Lipinski definition) is 7. The summed E-state index contributed by atoms with van der Waals surface area (Å²) in [6, 6.07) is 0. The van der Waals surface area contributed by atoms with Gasteiger partial charge in [-0.3, -0.25) is 4.90 Å². The highest BCUT2D eigenvalue weighted by Crippen LogP contribution is 2.21. The molecule has 0 amide bonds. The molecule has 2 aromatic heterocycles. The highest BCUT2D eigenvalue weighted by Gasteiger charge is 2.22. The molecule has 7 heteroatoms. The summed E-state index contributed by atoms with van der Waals surface area (Å²) >= 11 is 1.54. The summed E-state index contributed by atoms with van der Waals surface area (Å²) in [5.74, 6) is 1.93. The molecular weight excluding hydrogens is 276 g/mol. The third-order valence-electron chi connectivity index (χ3n) is 3.38. The highest BCUT2D eigenvalue weighted by molar-refractivity contribution is 7.11. The van der Waals surface area contributed by atoms with Gasteiger partial charge in [0.2, 0.25) is 5.89 Å². The standard InChI is InChI=1S/C13H18N4O2S/c1-10-15-12(19-16-10)8-17-5-2-3-11(7-17)9-18-13-14-4-6-20-13/h4,6,11H,2-3,5,7-9H2,1H3. The van der Waals surface area contributed by atoms with Crippen LogP contribution in [0.4, 0.5) is 0 Å². The minimum Gasteiger partial charge on any atom is -0.470 e. The molecule has 0 spiro atoms. The maximum atomic E-state index is 5.72. The number of hydrogen-bond donors (Lipinski definition) is 0. The van der Waals surface area contributed by atoms with Crippen molar-refractivity contribution in [2.75, 3.05) is 19.7 Å². The Morgan fingerprint density at radius 3 is 3.25 bits per heavy atom. The van der Waals surface area contributed by atoms with Gasteiger partial charge in [0.15, 0.2) is 5.82 Å². The van der Waals surface area contributed by atoms with Gasteiger partial charge in [-0.15, -0.1) is 0 Å². The Hall–Kier alpha value is -1.47. The Bertz CT molecular complexity index is 528. The van der Waals surface area contributed by atoms with Gasteiger partial charge >= 0.3 is 0 Å². The first kappa shape index (κ1) is 13.5. The average molecular weight is 294 g/mol. The number of likely N-dealkylation sites (tertiary alicyclic amines) is 1. The Morgan fingerprint density at radius 2 is 2.50 bits per heavy atom. The van der Waals surface area contributed by atoms with Crippen LogP contribution in [-0.2, 0) is 6.54 Å². The number of ether oxygens (including phenoxy) is 1. The van der Waals surface area contributed by atoms with Gasteiger partial charge in [0.25, 0.3) is 5.19 Å². The molecular formula is C13H18N4O2S. The third kappa shape index (κ3) is 3.55. The van der Waals surface area contributed by atoms with Crippen LogP contribution < -0.4 is 4.74 Å². The van der Waals surface area contributed by atoms with Crippen molar-refractivity contribution in [1.29, 1.82) is 0 Å². The van der Waals surface area contributed by atoms with E-state index >= 15 is 0 Å². The normalized spacial score (nSPS) is 20.1. The van der Waals surface area contributed by atoms with Gasteiger partial charge in [-0.1, -0.05) is 16.5 Å². The van der Waals surface area contributed by atoms with Crippen molar-refractivity contribution in [2.24, 2.45) is 5.92 Å². The monoisotopic (exact) mass is 294 g/mol. The first-order chi connectivity index (χ1) is 9.79. The van der Waals surface area contributed by atoms with E-state index in [2.05, 4.69) is 20.0 Å². The Balaban J connectivity index is 1.48. The predicted octanol–water partition coefficient (Wildman–Crippen LogP) is 2.13. The molecule has 1 unspecified atom stereocenters. The minimum atomic E-state index is 0.539. The lowest BCUT2D eigenvalue weighted by Crippen LogP contribution is -2.37. The first-order valence-corrected chi connectivity index (χ1v) is 7.71. The van der Waals surface area contributed by atoms with Crippen LogP contribution in [0.25, 0.3) is 0 Å². The van der Waals surface area contributed by atoms with E-state index in [1.807, 2.05) is 12.3 Å². The summed E-state index contributed by atoms with van der Waals surface area (Å²) in [5, 5.41) is 6.52. The molecule has 1 fully saturated rings. The Labute approximate surface area is 121 Å². The van der Waals surface area contributed by atoms with Gasteiger partial charge < -0.3 is 9.26 Å². The van der Waals surface area contributed by atoms with E-state index in [0.29, 0.717) is 17.6 Å². The fourth-order valence-corrected chi connectivity index (χ4v) is 2.99. The topological polar surface area (TPSA) is 64.3 Å². The van der Waals surface area contributed by atoms with Gasteiger partial charge in [-0.2, -0.15) is 4.98 Å². The zero-order valence-corrected chi connectivity index (χ0v) is 12.3. The van der Waals surface area contributed by atoms with Crippen LogP contribution in [0.3, 0.4) is 0 Å². The van der Waals surface area contributed by atoms with Crippen LogP contribution in [0.5, 0.6) is 5.19 Å². The van der Waals surface area contributed by atoms with Crippen LogP contribution in [-0.4, -0.2) is 39.7 Å². The van der Waals surface area contributed by atoms with E-state index in [9.17, 15) is 0 Å². The number of aromatic nitrogens is 3. The zero-order chi connectivity index (χ0) is 13.8.